The van der Waals surface area contributed by atoms with Crippen LogP contribution >= 0.6 is 22.9 Å². The van der Waals surface area contributed by atoms with Crippen LogP contribution in [-0.2, 0) is 11.3 Å². The van der Waals surface area contributed by atoms with Gasteiger partial charge in [0.15, 0.2) is 0 Å². The number of nitrogens with two attached hydrogens (primary N) is 1. The molecule has 1 heterocycles. The van der Waals surface area contributed by atoms with E-state index in [9.17, 15) is 9.59 Å². The van der Waals surface area contributed by atoms with Crippen LogP contribution in [0.25, 0.3) is 0 Å². The molecule has 0 aliphatic carbocycles. The molecule has 0 radical (unpaired) electrons. The first-order chi connectivity index (χ1) is 9.06. The summed E-state index contributed by atoms with van der Waals surface area (Å²) in [5.74, 6) is -0.910. The van der Waals surface area contributed by atoms with Crippen molar-refractivity contribution in [2.75, 3.05) is 0 Å². The highest BCUT2D eigenvalue weighted by atomic mass is 35.5. The second-order valence-corrected chi connectivity index (χ2v) is 5.46. The van der Waals surface area contributed by atoms with Crippen LogP contribution in [-0.4, -0.2) is 11.9 Å². The van der Waals surface area contributed by atoms with Gasteiger partial charge in [-0.3, -0.25) is 4.79 Å². The molecule has 0 aliphatic rings. The smallest absolute Gasteiger partial charge is 0.348 e. The van der Waals surface area contributed by atoms with Crippen LogP contribution in [0.15, 0.2) is 36.4 Å². The van der Waals surface area contributed by atoms with Crippen molar-refractivity contribution in [2.24, 2.45) is 5.73 Å². The summed E-state index contributed by atoms with van der Waals surface area (Å²) in [6, 6.07) is 9.82. The predicted octanol–water partition coefficient (Wildman–Crippen LogP) is 2.86. The Balaban J connectivity index is 1.95. The Labute approximate surface area is 118 Å². The molecule has 2 N–H and O–H groups in total. The van der Waals surface area contributed by atoms with E-state index in [2.05, 4.69) is 0 Å². The van der Waals surface area contributed by atoms with Crippen molar-refractivity contribution in [1.82, 2.24) is 0 Å². The molecule has 1 aromatic heterocycles. The lowest BCUT2D eigenvalue weighted by atomic mass is 10.1. The van der Waals surface area contributed by atoms with Crippen molar-refractivity contribution in [1.29, 1.82) is 0 Å². The summed E-state index contributed by atoms with van der Waals surface area (Å²) in [5.41, 5.74) is 6.32. The van der Waals surface area contributed by atoms with E-state index < -0.39 is 11.9 Å². The molecule has 6 heteroatoms. The molecule has 2 rings (SSSR count). The SMILES string of the molecule is NC(=O)c1ccc(COC(=O)c2ccc(Cl)s2)cc1. The molecule has 1 amide bonds. The second kappa shape index (κ2) is 5.86. The van der Waals surface area contributed by atoms with Crippen LogP contribution in [0.2, 0.25) is 4.34 Å². The average molecular weight is 296 g/mol. The fraction of sp³-hybridized carbons (Fsp3) is 0.0769. The standard InChI is InChI=1S/C13H10ClNO3S/c14-11-6-5-10(19-11)13(17)18-7-8-1-3-9(4-2-8)12(15)16/h1-6H,7H2,(H2,15,16). The van der Waals surface area contributed by atoms with Gasteiger partial charge in [-0.2, -0.15) is 0 Å². The van der Waals surface area contributed by atoms with E-state index in [0.29, 0.717) is 14.8 Å². The molecule has 19 heavy (non-hydrogen) atoms. The molecule has 0 bridgehead atoms. The van der Waals surface area contributed by atoms with Gasteiger partial charge in [0.05, 0.1) is 4.34 Å². The molecule has 0 unspecified atom stereocenters. The fourth-order valence-electron chi connectivity index (χ4n) is 1.41. The van der Waals surface area contributed by atoms with Gasteiger partial charge in [0.2, 0.25) is 5.91 Å². The maximum atomic E-state index is 11.7. The predicted molar refractivity (Wildman–Crippen MR) is 73.4 cm³/mol. The van der Waals surface area contributed by atoms with Crippen molar-refractivity contribution in [2.45, 2.75) is 6.61 Å². The monoisotopic (exact) mass is 295 g/mol. The zero-order valence-corrected chi connectivity index (χ0v) is 11.3. The largest absolute Gasteiger partial charge is 0.457 e. The number of primary amides is 1. The molecule has 4 nitrogen and oxygen atoms in total. The maximum absolute atomic E-state index is 11.7. The van der Waals surface area contributed by atoms with E-state index in [1.54, 1.807) is 36.4 Å². The quantitative estimate of drug-likeness (QED) is 0.882. The number of carbonyl (C=O) groups is 2. The normalized spacial score (nSPS) is 10.2. The third-order valence-electron chi connectivity index (χ3n) is 2.38. The zero-order valence-electron chi connectivity index (χ0n) is 9.76. The zero-order chi connectivity index (χ0) is 13.8. The number of thiophene rings is 1. The van der Waals surface area contributed by atoms with Crippen molar-refractivity contribution in [3.63, 3.8) is 0 Å². The number of rotatable bonds is 4. The minimum Gasteiger partial charge on any atom is -0.457 e. The Morgan fingerprint density at radius 2 is 1.84 bits per heavy atom. The summed E-state index contributed by atoms with van der Waals surface area (Å²) in [6.07, 6.45) is 0. The Hall–Kier alpha value is -1.85. The minimum absolute atomic E-state index is 0.132. The first kappa shape index (κ1) is 13.6. The van der Waals surface area contributed by atoms with Crippen LogP contribution in [0.3, 0.4) is 0 Å². The first-order valence-electron chi connectivity index (χ1n) is 5.37. The molecule has 1 aromatic carbocycles. The molecule has 0 spiro atoms. The number of hydrogen-bond acceptors (Lipinski definition) is 4. The number of amides is 1. The molecule has 2 aromatic rings. The summed E-state index contributed by atoms with van der Waals surface area (Å²) in [6.45, 7) is 0.132. The molecule has 0 aliphatic heterocycles. The van der Waals surface area contributed by atoms with Gasteiger partial charge in [-0.15, -0.1) is 11.3 Å². The highest BCUT2D eigenvalue weighted by molar-refractivity contribution is 7.17. The minimum atomic E-state index is -0.489. The van der Waals surface area contributed by atoms with Gasteiger partial charge in [0, 0.05) is 5.56 Å². The van der Waals surface area contributed by atoms with Gasteiger partial charge in [0.1, 0.15) is 11.5 Å². The van der Waals surface area contributed by atoms with Crippen LogP contribution in [0.1, 0.15) is 25.6 Å². The van der Waals surface area contributed by atoms with Gasteiger partial charge >= 0.3 is 5.97 Å². The number of halogens is 1. The van der Waals surface area contributed by atoms with Gasteiger partial charge < -0.3 is 10.5 Å². The Morgan fingerprint density at radius 3 is 2.37 bits per heavy atom. The summed E-state index contributed by atoms with van der Waals surface area (Å²) in [5, 5.41) is 0. The van der Waals surface area contributed by atoms with Gasteiger partial charge in [-0.25, -0.2) is 4.79 Å². The third-order valence-corrected chi connectivity index (χ3v) is 3.59. The van der Waals surface area contributed by atoms with Gasteiger partial charge in [-0.05, 0) is 29.8 Å². The van der Waals surface area contributed by atoms with Crippen LogP contribution in [0, 0.1) is 0 Å². The van der Waals surface area contributed by atoms with E-state index in [4.69, 9.17) is 22.1 Å². The number of ether oxygens (including phenoxy) is 1. The number of benzene rings is 1. The molecule has 0 saturated heterocycles. The molecular weight excluding hydrogens is 286 g/mol. The first-order valence-corrected chi connectivity index (χ1v) is 6.57. The number of esters is 1. The average Bonchev–Trinajstić information content (AvgIpc) is 2.83. The summed E-state index contributed by atoms with van der Waals surface area (Å²) >= 11 is 6.90. The van der Waals surface area contributed by atoms with Gasteiger partial charge in [-0.1, -0.05) is 23.7 Å². The number of carbonyl (C=O) groups excluding carboxylic acids is 2. The van der Waals surface area contributed by atoms with E-state index in [1.165, 1.54) is 11.3 Å². The molecule has 0 saturated carbocycles. The summed E-state index contributed by atoms with van der Waals surface area (Å²) in [4.78, 5) is 23.0. The van der Waals surface area contributed by atoms with Crippen LogP contribution < -0.4 is 5.73 Å². The number of hydrogen-bond donors (Lipinski definition) is 1. The van der Waals surface area contributed by atoms with E-state index in [1.807, 2.05) is 0 Å². The van der Waals surface area contributed by atoms with E-state index >= 15 is 0 Å². The Morgan fingerprint density at radius 1 is 1.16 bits per heavy atom. The topological polar surface area (TPSA) is 69.4 Å². The fourth-order valence-corrected chi connectivity index (χ4v) is 2.35. The molecular formula is C13H10ClNO3S. The lowest BCUT2D eigenvalue weighted by Gasteiger charge is -2.04. The van der Waals surface area contributed by atoms with Gasteiger partial charge in [0.25, 0.3) is 0 Å². The third kappa shape index (κ3) is 3.56. The summed E-state index contributed by atoms with van der Waals surface area (Å²) in [7, 11) is 0. The highest BCUT2D eigenvalue weighted by Gasteiger charge is 2.10. The Kier molecular flexibility index (Phi) is 4.19. The molecule has 0 atom stereocenters. The second-order valence-electron chi connectivity index (χ2n) is 3.74. The lowest BCUT2D eigenvalue weighted by Crippen LogP contribution is -2.10. The Bertz CT molecular complexity index is 607. The highest BCUT2D eigenvalue weighted by Crippen LogP contribution is 2.22. The van der Waals surface area contributed by atoms with E-state index in [-0.39, 0.29) is 6.61 Å². The lowest BCUT2D eigenvalue weighted by molar-refractivity contribution is 0.0478. The molecule has 0 fully saturated rings. The van der Waals surface area contributed by atoms with Crippen molar-refractivity contribution < 1.29 is 14.3 Å². The molecule has 98 valence electrons. The van der Waals surface area contributed by atoms with Crippen LogP contribution in [0.5, 0.6) is 0 Å². The van der Waals surface area contributed by atoms with E-state index in [0.717, 1.165) is 5.56 Å². The van der Waals surface area contributed by atoms with Crippen molar-refractivity contribution in [3.05, 3.63) is 56.7 Å². The van der Waals surface area contributed by atoms with Crippen molar-refractivity contribution in [3.8, 4) is 0 Å². The summed E-state index contributed by atoms with van der Waals surface area (Å²) < 4.78 is 5.66. The van der Waals surface area contributed by atoms with Crippen LogP contribution in [0.4, 0.5) is 0 Å². The maximum Gasteiger partial charge on any atom is 0.348 e. The van der Waals surface area contributed by atoms with Crippen molar-refractivity contribution >= 4 is 34.8 Å².